The lowest BCUT2D eigenvalue weighted by Crippen LogP contribution is -1.93. The van der Waals surface area contributed by atoms with Gasteiger partial charge in [0.15, 0.2) is 5.89 Å². The number of ether oxygens (including phenoxy) is 1. The molecule has 0 radical (unpaired) electrons. The van der Waals surface area contributed by atoms with Gasteiger partial charge in [0.2, 0.25) is 5.69 Å². The Morgan fingerprint density at radius 3 is 3.00 bits per heavy atom. The smallest absolute Gasteiger partial charge is 0.252 e. The SMILES string of the molecule is COc1cccc(/C=N\Nc2oc(CC(C)C)nc2C#N)c1. The molecule has 0 saturated carbocycles. The van der Waals surface area contributed by atoms with E-state index in [1.54, 1.807) is 13.3 Å². The third-order valence-corrected chi connectivity index (χ3v) is 2.83. The molecule has 0 fully saturated rings. The topological polar surface area (TPSA) is 83.4 Å². The van der Waals surface area contributed by atoms with Crippen LogP contribution in [0.15, 0.2) is 33.8 Å². The molecule has 0 saturated heterocycles. The van der Waals surface area contributed by atoms with Gasteiger partial charge in [-0.05, 0) is 23.6 Å². The van der Waals surface area contributed by atoms with Crippen LogP contribution in [-0.4, -0.2) is 18.3 Å². The summed E-state index contributed by atoms with van der Waals surface area (Å²) < 4.78 is 10.7. The number of nitrogens with zero attached hydrogens (tertiary/aromatic N) is 3. The Morgan fingerprint density at radius 2 is 2.32 bits per heavy atom. The van der Waals surface area contributed by atoms with Crippen LogP contribution in [0.4, 0.5) is 5.88 Å². The van der Waals surface area contributed by atoms with Crippen LogP contribution in [0.25, 0.3) is 0 Å². The lowest BCUT2D eigenvalue weighted by Gasteiger charge is -2.00. The van der Waals surface area contributed by atoms with Crippen molar-refractivity contribution in [1.82, 2.24) is 4.98 Å². The molecule has 0 spiro atoms. The number of hydrogen-bond donors (Lipinski definition) is 1. The van der Waals surface area contributed by atoms with E-state index in [4.69, 9.17) is 14.4 Å². The number of nitriles is 1. The van der Waals surface area contributed by atoms with E-state index in [0.717, 1.165) is 11.3 Å². The Balaban J connectivity index is 2.08. The van der Waals surface area contributed by atoms with Gasteiger partial charge in [0.1, 0.15) is 11.8 Å². The number of aromatic nitrogens is 1. The fourth-order valence-corrected chi connectivity index (χ4v) is 1.84. The van der Waals surface area contributed by atoms with Crippen molar-refractivity contribution in [2.24, 2.45) is 11.0 Å². The largest absolute Gasteiger partial charge is 0.497 e. The first-order valence-corrected chi connectivity index (χ1v) is 6.95. The number of hydrogen-bond acceptors (Lipinski definition) is 6. The molecule has 0 aliphatic carbocycles. The summed E-state index contributed by atoms with van der Waals surface area (Å²) in [5.41, 5.74) is 3.80. The van der Waals surface area contributed by atoms with Crippen molar-refractivity contribution in [3.05, 3.63) is 41.4 Å². The molecule has 1 aromatic heterocycles. The summed E-state index contributed by atoms with van der Waals surface area (Å²) >= 11 is 0. The maximum Gasteiger partial charge on any atom is 0.252 e. The van der Waals surface area contributed by atoms with Crippen LogP contribution in [0.3, 0.4) is 0 Å². The standard InChI is InChI=1S/C16H18N4O2/c1-11(2)7-15-19-14(9-17)16(22-15)20-18-10-12-5-4-6-13(8-12)21-3/h4-6,8,10-11,20H,7H2,1-3H3/b18-10-. The molecular weight excluding hydrogens is 280 g/mol. The first-order chi connectivity index (χ1) is 10.6. The van der Waals surface area contributed by atoms with Crippen LogP contribution >= 0.6 is 0 Å². The summed E-state index contributed by atoms with van der Waals surface area (Å²) in [4.78, 5) is 4.14. The summed E-state index contributed by atoms with van der Waals surface area (Å²) in [6, 6.07) is 9.46. The van der Waals surface area contributed by atoms with Gasteiger partial charge in [0.05, 0.1) is 13.3 Å². The maximum atomic E-state index is 9.07. The molecule has 2 rings (SSSR count). The predicted octanol–water partition coefficient (Wildman–Crippen LogP) is 3.20. The summed E-state index contributed by atoms with van der Waals surface area (Å²) in [6.07, 6.45) is 2.30. The van der Waals surface area contributed by atoms with E-state index in [9.17, 15) is 0 Å². The van der Waals surface area contributed by atoms with Crippen molar-refractivity contribution in [3.8, 4) is 11.8 Å². The zero-order valence-electron chi connectivity index (χ0n) is 12.8. The van der Waals surface area contributed by atoms with Crippen molar-refractivity contribution >= 4 is 12.1 Å². The van der Waals surface area contributed by atoms with Gasteiger partial charge in [-0.1, -0.05) is 26.0 Å². The lowest BCUT2D eigenvalue weighted by molar-refractivity contribution is 0.415. The van der Waals surface area contributed by atoms with Crippen molar-refractivity contribution in [3.63, 3.8) is 0 Å². The van der Waals surface area contributed by atoms with E-state index in [2.05, 4.69) is 29.4 Å². The van der Waals surface area contributed by atoms with E-state index in [-0.39, 0.29) is 11.6 Å². The monoisotopic (exact) mass is 298 g/mol. The van der Waals surface area contributed by atoms with E-state index in [1.807, 2.05) is 30.3 Å². The molecule has 0 atom stereocenters. The van der Waals surface area contributed by atoms with E-state index in [1.165, 1.54) is 0 Å². The third-order valence-electron chi connectivity index (χ3n) is 2.83. The highest BCUT2D eigenvalue weighted by molar-refractivity contribution is 5.80. The molecule has 0 bridgehead atoms. The Morgan fingerprint density at radius 1 is 1.50 bits per heavy atom. The molecule has 0 unspecified atom stereocenters. The molecule has 0 aliphatic rings. The normalized spacial score (nSPS) is 10.9. The van der Waals surface area contributed by atoms with Crippen LogP contribution in [0, 0.1) is 17.2 Å². The minimum atomic E-state index is 0.207. The van der Waals surface area contributed by atoms with Crippen LogP contribution in [0.1, 0.15) is 31.0 Å². The van der Waals surface area contributed by atoms with Gasteiger partial charge in [-0.2, -0.15) is 10.4 Å². The fraction of sp³-hybridized carbons (Fsp3) is 0.312. The van der Waals surface area contributed by atoms with Gasteiger partial charge in [-0.3, -0.25) is 0 Å². The molecule has 0 amide bonds. The van der Waals surface area contributed by atoms with Crippen LogP contribution in [0.5, 0.6) is 5.75 Å². The highest BCUT2D eigenvalue weighted by Crippen LogP contribution is 2.19. The fourth-order valence-electron chi connectivity index (χ4n) is 1.84. The minimum absolute atomic E-state index is 0.207. The van der Waals surface area contributed by atoms with Gasteiger partial charge in [0.25, 0.3) is 5.88 Å². The van der Waals surface area contributed by atoms with E-state index < -0.39 is 0 Å². The summed E-state index contributed by atoms with van der Waals surface area (Å²) in [7, 11) is 1.61. The second-order valence-electron chi connectivity index (χ2n) is 5.14. The first-order valence-electron chi connectivity index (χ1n) is 6.95. The first kappa shape index (κ1) is 15.6. The molecule has 1 aromatic carbocycles. The number of nitrogens with one attached hydrogen (secondary N) is 1. The van der Waals surface area contributed by atoms with E-state index in [0.29, 0.717) is 18.2 Å². The number of hydrazone groups is 1. The molecule has 114 valence electrons. The average molecular weight is 298 g/mol. The van der Waals surface area contributed by atoms with E-state index >= 15 is 0 Å². The van der Waals surface area contributed by atoms with Gasteiger partial charge in [-0.25, -0.2) is 10.4 Å². The molecule has 2 aromatic rings. The maximum absolute atomic E-state index is 9.07. The molecule has 22 heavy (non-hydrogen) atoms. The van der Waals surface area contributed by atoms with Crippen LogP contribution in [0.2, 0.25) is 0 Å². The quantitative estimate of drug-likeness (QED) is 0.654. The van der Waals surface area contributed by atoms with Crippen LogP contribution in [-0.2, 0) is 6.42 Å². The second kappa shape index (κ2) is 7.27. The summed E-state index contributed by atoms with van der Waals surface area (Å²) in [5, 5.41) is 13.1. The zero-order valence-corrected chi connectivity index (χ0v) is 12.8. The molecule has 6 heteroatoms. The number of anilines is 1. The summed E-state index contributed by atoms with van der Waals surface area (Å²) in [5.74, 6) is 1.95. The highest BCUT2D eigenvalue weighted by atomic mass is 16.5. The highest BCUT2D eigenvalue weighted by Gasteiger charge is 2.13. The average Bonchev–Trinajstić information content (AvgIpc) is 2.88. The third kappa shape index (κ3) is 4.09. The van der Waals surface area contributed by atoms with Crippen molar-refractivity contribution in [2.75, 3.05) is 12.5 Å². The minimum Gasteiger partial charge on any atom is -0.497 e. The van der Waals surface area contributed by atoms with Crippen molar-refractivity contribution in [1.29, 1.82) is 5.26 Å². The van der Waals surface area contributed by atoms with Gasteiger partial charge < -0.3 is 9.15 Å². The van der Waals surface area contributed by atoms with Crippen LogP contribution < -0.4 is 10.2 Å². The molecule has 1 heterocycles. The van der Waals surface area contributed by atoms with Gasteiger partial charge in [-0.15, -0.1) is 0 Å². The second-order valence-corrected chi connectivity index (χ2v) is 5.14. The number of oxazole rings is 1. The van der Waals surface area contributed by atoms with Gasteiger partial charge in [0, 0.05) is 6.42 Å². The lowest BCUT2D eigenvalue weighted by atomic mass is 10.1. The number of rotatable bonds is 6. The molecule has 1 N–H and O–H groups in total. The summed E-state index contributed by atoms with van der Waals surface area (Å²) in [6.45, 7) is 4.12. The molecule has 0 aliphatic heterocycles. The predicted molar refractivity (Wildman–Crippen MR) is 84.0 cm³/mol. The Labute approximate surface area is 129 Å². The zero-order chi connectivity index (χ0) is 15.9. The van der Waals surface area contributed by atoms with Crippen molar-refractivity contribution in [2.45, 2.75) is 20.3 Å². The Bertz CT molecular complexity index is 698. The number of methoxy groups -OCH3 is 1. The van der Waals surface area contributed by atoms with Gasteiger partial charge >= 0.3 is 0 Å². The number of benzene rings is 1. The Kier molecular flexibility index (Phi) is 5.15. The molecule has 6 nitrogen and oxygen atoms in total. The van der Waals surface area contributed by atoms with Crippen molar-refractivity contribution < 1.29 is 9.15 Å². The molecular formula is C16H18N4O2. The Hall–Kier alpha value is -2.81.